The molecule has 1 aromatic heterocycles. The molecule has 1 saturated heterocycles. The summed E-state index contributed by atoms with van der Waals surface area (Å²) >= 11 is 0. The number of carbonyl (C=O) groups excluding carboxylic acids is 1. The largest absolute Gasteiger partial charge is 0.448 e. The van der Waals surface area contributed by atoms with Crippen LogP contribution in [0.2, 0.25) is 0 Å². The summed E-state index contributed by atoms with van der Waals surface area (Å²) in [5, 5.41) is 0. The Balaban J connectivity index is 0.000000196. The molecule has 0 aromatic carbocycles. The number of pyridine rings is 1. The SMILES string of the molecule is C#Cc1cccnc1C(C)N1CCOC1=O.c1cc2cc-2c1. The highest BCUT2D eigenvalue weighted by Gasteiger charge is 2.29. The highest BCUT2D eigenvalue weighted by atomic mass is 16.6. The molecule has 4 heteroatoms. The van der Waals surface area contributed by atoms with E-state index in [4.69, 9.17) is 11.2 Å². The number of hydrogen-bond acceptors (Lipinski definition) is 3. The summed E-state index contributed by atoms with van der Waals surface area (Å²) < 4.78 is 4.89. The van der Waals surface area contributed by atoms with Gasteiger partial charge in [0.25, 0.3) is 0 Å². The number of rotatable bonds is 2. The number of carbonyl (C=O) groups is 1. The van der Waals surface area contributed by atoms with E-state index in [9.17, 15) is 4.79 Å². The van der Waals surface area contributed by atoms with Crippen LogP contribution in [-0.2, 0) is 4.74 Å². The lowest BCUT2D eigenvalue weighted by atomic mass is 10.1. The van der Waals surface area contributed by atoms with Gasteiger partial charge < -0.3 is 4.74 Å². The molecule has 0 saturated carbocycles. The first-order valence-corrected chi connectivity index (χ1v) is 7.16. The van der Waals surface area contributed by atoms with Crippen LogP contribution in [0.3, 0.4) is 0 Å². The van der Waals surface area contributed by atoms with E-state index in [-0.39, 0.29) is 12.1 Å². The van der Waals surface area contributed by atoms with Gasteiger partial charge in [0.05, 0.1) is 18.3 Å². The fourth-order valence-electron chi connectivity index (χ4n) is 2.45. The molecule has 1 amide bonds. The Labute approximate surface area is 129 Å². The van der Waals surface area contributed by atoms with Crippen molar-refractivity contribution < 1.29 is 9.53 Å². The summed E-state index contributed by atoms with van der Waals surface area (Å²) in [6.07, 6.45) is 6.77. The average molecular weight is 292 g/mol. The van der Waals surface area contributed by atoms with Crippen LogP contribution >= 0.6 is 0 Å². The molecule has 4 nitrogen and oxygen atoms in total. The molecule has 1 atom stereocenters. The first kappa shape index (κ1) is 14.2. The Bertz CT molecular complexity index is 731. The Morgan fingerprint density at radius 3 is 2.59 bits per heavy atom. The summed E-state index contributed by atoms with van der Waals surface area (Å²) in [7, 11) is 0. The molecule has 110 valence electrons. The molecule has 0 bridgehead atoms. The maximum atomic E-state index is 11.4. The van der Waals surface area contributed by atoms with E-state index >= 15 is 0 Å². The molecule has 0 radical (unpaired) electrons. The van der Waals surface area contributed by atoms with Crippen LogP contribution in [0.25, 0.3) is 11.1 Å². The molecular formula is C18H16N2O2. The van der Waals surface area contributed by atoms with E-state index in [2.05, 4.69) is 35.2 Å². The van der Waals surface area contributed by atoms with Crippen LogP contribution in [0.15, 0.2) is 42.6 Å². The Morgan fingerprint density at radius 2 is 2.09 bits per heavy atom. The average Bonchev–Trinajstić information content (AvgIpc) is 2.95. The van der Waals surface area contributed by atoms with Crippen molar-refractivity contribution in [1.29, 1.82) is 0 Å². The predicted octanol–water partition coefficient (Wildman–Crippen LogP) is 3.24. The summed E-state index contributed by atoms with van der Waals surface area (Å²) in [5.74, 6) is 2.57. The Kier molecular flexibility index (Phi) is 3.80. The highest BCUT2D eigenvalue weighted by Crippen LogP contribution is 2.32. The minimum atomic E-state index is -0.305. The maximum absolute atomic E-state index is 11.4. The number of terminal acetylenes is 1. The molecule has 1 aliphatic heterocycles. The number of nitrogens with zero attached hydrogens (tertiary/aromatic N) is 2. The number of cyclic esters (lactones) is 1. The molecule has 2 heterocycles. The Morgan fingerprint density at radius 1 is 1.32 bits per heavy atom. The van der Waals surface area contributed by atoms with Gasteiger partial charge in [-0.05, 0) is 36.2 Å². The van der Waals surface area contributed by atoms with Gasteiger partial charge in [-0.1, -0.05) is 24.1 Å². The fourth-order valence-corrected chi connectivity index (χ4v) is 2.45. The quantitative estimate of drug-likeness (QED) is 0.681. The number of hydrogen-bond donors (Lipinski definition) is 0. The van der Waals surface area contributed by atoms with Gasteiger partial charge in [-0.15, -0.1) is 6.42 Å². The van der Waals surface area contributed by atoms with Gasteiger partial charge in [0, 0.05) is 11.8 Å². The Hall–Kier alpha value is -2.80. The van der Waals surface area contributed by atoms with E-state index in [1.807, 2.05) is 13.0 Å². The van der Waals surface area contributed by atoms with E-state index in [1.165, 1.54) is 11.1 Å². The highest BCUT2D eigenvalue weighted by molar-refractivity contribution is 5.80. The van der Waals surface area contributed by atoms with Crippen molar-refractivity contribution in [3.63, 3.8) is 0 Å². The van der Waals surface area contributed by atoms with Crippen LogP contribution in [-0.4, -0.2) is 29.1 Å². The molecule has 22 heavy (non-hydrogen) atoms. The first-order valence-electron chi connectivity index (χ1n) is 7.16. The van der Waals surface area contributed by atoms with Crippen molar-refractivity contribution in [3.8, 4) is 23.5 Å². The van der Waals surface area contributed by atoms with Crippen LogP contribution in [0.1, 0.15) is 24.2 Å². The van der Waals surface area contributed by atoms with Gasteiger partial charge in [0.1, 0.15) is 6.61 Å². The number of ether oxygens (including phenoxy) is 1. The normalized spacial score (nSPS) is 15.3. The van der Waals surface area contributed by atoms with Crippen LogP contribution in [0.4, 0.5) is 4.79 Å². The minimum Gasteiger partial charge on any atom is -0.448 e. The molecule has 2 aliphatic carbocycles. The fraction of sp³-hybridized carbons (Fsp3) is 0.222. The summed E-state index contributed by atoms with van der Waals surface area (Å²) in [5.41, 5.74) is 4.31. The second-order valence-electron chi connectivity index (χ2n) is 5.15. The van der Waals surface area contributed by atoms with Crippen LogP contribution < -0.4 is 0 Å². The molecule has 4 rings (SSSR count). The van der Waals surface area contributed by atoms with E-state index < -0.39 is 0 Å². The summed E-state index contributed by atoms with van der Waals surface area (Å²) in [4.78, 5) is 17.3. The number of aromatic nitrogens is 1. The topological polar surface area (TPSA) is 42.4 Å². The number of amides is 1. The van der Waals surface area contributed by atoms with Crippen molar-refractivity contribution >= 4 is 6.09 Å². The first-order chi connectivity index (χ1) is 10.7. The predicted molar refractivity (Wildman–Crippen MR) is 84.1 cm³/mol. The zero-order valence-corrected chi connectivity index (χ0v) is 12.3. The molecule has 1 aromatic rings. The van der Waals surface area contributed by atoms with Gasteiger partial charge in [-0.25, -0.2) is 4.79 Å². The van der Waals surface area contributed by atoms with E-state index in [1.54, 1.807) is 17.2 Å². The third-order valence-electron chi connectivity index (χ3n) is 3.76. The maximum Gasteiger partial charge on any atom is 0.410 e. The lowest BCUT2D eigenvalue weighted by Gasteiger charge is -2.21. The lowest BCUT2D eigenvalue weighted by Crippen LogP contribution is -2.28. The third-order valence-corrected chi connectivity index (χ3v) is 3.76. The van der Waals surface area contributed by atoms with Gasteiger partial charge in [0.15, 0.2) is 0 Å². The van der Waals surface area contributed by atoms with Gasteiger partial charge in [-0.2, -0.15) is 0 Å². The summed E-state index contributed by atoms with van der Waals surface area (Å²) in [6.45, 7) is 2.91. The molecule has 1 unspecified atom stereocenters. The van der Waals surface area contributed by atoms with Gasteiger partial charge in [-0.3, -0.25) is 9.88 Å². The van der Waals surface area contributed by atoms with E-state index in [0.717, 1.165) is 11.3 Å². The third kappa shape index (κ3) is 2.79. The molecule has 1 fully saturated rings. The second kappa shape index (κ2) is 5.90. The number of fused-ring (bicyclic) bond motifs is 1. The monoisotopic (exact) mass is 292 g/mol. The summed E-state index contributed by atoms with van der Waals surface area (Å²) in [6, 6.07) is 11.9. The van der Waals surface area contributed by atoms with E-state index in [0.29, 0.717) is 13.2 Å². The minimum absolute atomic E-state index is 0.151. The van der Waals surface area contributed by atoms with Crippen molar-refractivity contribution in [1.82, 2.24) is 9.88 Å². The second-order valence-corrected chi connectivity index (χ2v) is 5.15. The molecule has 0 N–H and O–H groups in total. The van der Waals surface area contributed by atoms with Crippen molar-refractivity contribution in [2.45, 2.75) is 13.0 Å². The number of benzene rings is 1. The van der Waals surface area contributed by atoms with Crippen LogP contribution in [0, 0.1) is 12.3 Å². The van der Waals surface area contributed by atoms with Crippen molar-refractivity contribution in [3.05, 3.63) is 53.9 Å². The zero-order chi connectivity index (χ0) is 15.5. The van der Waals surface area contributed by atoms with Crippen molar-refractivity contribution in [2.24, 2.45) is 0 Å². The van der Waals surface area contributed by atoms with Crippen LogP contribution in [0.5, 0.6) is 0 Å². The molecule has 3 aliphatic rings. The standard InChI is InChI=1S/C12H12N2O2.C6H4/c1-3-10-5-4-6-13-11(10)9(2)14-7-8-16-12(14)15;1-2-5-4-6(5)3-1/h1,4-6,9H,7-8H2,2H3;1-4H. The zero-order valence-electron chi connectivity index (χ0n) is 12.3. The van der Waals surface area contributed by atoms with Gasteiger partial charge in [0.2, 0.25) is 0 Å². The molecule has 0 spiro atoms. The lowest BCUT2D eigenvalue weighted by molar-refractivity contribution is 0.149. The smallest absolute Gasteiger partial charge is 0.410 e. The van der Waals surface area contributed by atoms with Crippen molar-refractivity contribution in [2.75, 3.05) is 13.2 Å². The van der Waals surface area contributed by atoms with Gasteiger partial charge >= 0.3 is 6.09 Å². The molecular weight excluding hydrogens is 276 g/mol.